The molecular formula is C34H53NO5. The molecule has 6 heteroatoms. The van der Waals surface area contributed by atoms with E-state index in [-0.39, 0.29) is 35.5 Å². The summed E-state index contributed by atoms with van der Waals surface area (Å²) in [6, 6.07) is 6.47. The van der Waals surface area contributed by atoms with Crippen molar-refractivity contribution in [3.8, 4) is 0 Å². The Hall–Kier alpha value is -2.31. The Morgan fingerprint density at radius 3 is 2.08 bits per heavy atom. The molecule has 1 atom stereocenters. The maximum Gasteiger partial charge on any atom is 0.166 e. The summed E-state index contributed by atoms with van der Waals surface area (Å²) in [6.45, 7) is 13.5. The lowest BCUT2D eigenvalue weighted by atomic mass is 9.83. The standard InChI is InChI=1S/C25H37NO3.C9H16O2/c1-17(2)25(27)22-10-9-21(16-23(22)18(3)20-7-6-8-20)26-13-11-19(12-14-26)15-24(28-4)29-5;1-4-9(11)6-5-7(2)8(3)10/h9-10,16-17,19,24H,6-8,11-15H2,1-5H3;7H,4-6H2,1-3H3. The van der Waals surface area contributed by atoms with Crippen molar-refractivity contribution >= 4 is 28.6 Å². The minimum Gasteiger partial charge on any atom is -0.371 e. The van der Waals surface area contributed by atoms with Gasteiger partial charge in [-0.05, 0) is 87.6 Å². The molecule has 1 saturated heterocycles. The van der Waals surface area contributed by atoms with Crippen LogP contribution >= 0.6 is 0 Å². The lowest BCUT2D eigenvalue weighted by Gasteiger charge is -2.35. The first-order chi connectivity index (χ1) is 19.0. The highest BCUT2D eigenvalue weighted by Crippen LogP contribution is 2.37. The van der Waals surface area contributed by atoms with Gasteiger partial charge in [-0.25, -0.2) is 0 Å². The van der Waals surface area contributed by atoms with Crippen LogP contribution in [0.3, 0.4) is 0 Å². The molecule has 1 aliphatic heterocycles. The third kappa shape index (κ3) is 9.95. The number of methoxy groups -OCH3 is 2. The Morgan fingerprint density at radius 2 is 1.60 bits per heavy atom. The second kappa shape index (κ2) is 16.8. The summed E-state index contributed by atoms with van der Waals surface area (Å²) in [5, 5.41) is 0. The number of carbonyl (C=O) groups is 3. The van der Waals surface area contributed by atoms with Crippen LogP contribution in [0, 0.1) is 17.8 Å². The Morgan fingerprint density at radius 1 is 0.975 bits per heavy atom. The number of hydrogen-bond acceptors (Lipinski definition) is 6. The molecule has 2 aliphatic rings. The van der Waals surface area contributed by atoms with Crippen molar-refractivity contribution in [2.24, 2.45) is 17.8 Å². The van der Waals surface area contributed by atoms with Crippen LogP contribution in [0.5, 0.6) is 0 Å². The van der Waals surface area contributed by atoms with Crippen LogP contribution in [0.15, 0.2) is 23.8 Å². The highest BCUT2D eigenvalue weighted by molar-refractivity contribution is 6.02. The van der Waals surface area contributed by atoms with Gasteiger partial charge in [0.05, 0.1) is 0 Å². The first-order valence-electron chi connectivity index (χ1n) is 15.2. The number of benzene rings is 1. The smallest absolute Gasteiger partial charge is 0.166 e. The van der Waals surface area contributed by atoms with Gasteiger partial charge in [0.15, 0.2) is 12.1 Å². The number of ether oxygens (including phenoxy) is 2. The van der Waals surface area contributed by atoms with Crippen molar-refractivity contribution in [2.45, 2.75) is 106 Å². The van der Waals surface area contributed by atoms with E-state index in [1.54, 1.807) is 21.1 Å². The predicted octanol–water partition coefficient (Wildman–Crippen LogP) is 7.68. The molecule has 1 unspecified atom stereocenters. The van der Waals surface area contributed by atoms with E-state index >= 15 is 0 Å². The number of allylic oxidation sites excluding steroid dienone is 2. The van der Waals surface area contributed by atoms with Gasteiger partial charge < -0.3 is 14.4 Å². The number of Topliss-reactive ketones (excluding diaryl/α,β-unsaturated/α-hetero) is 3. The Labute approximate surface area is 242 Å². The summed E-state index contributed by atoms with van der Waals surface area (Å²) in [5.41, 5.74) is 6.12. The summed E-state index contributed by atoms with van der Waals surface area (Å²) in [5.74, 6) is 1.37. The van der Waals surface area contributed by atoms with Crippen LogP contribution in [-0.2, 0) is 19.1 Å². The monoisotopic (exact) mass is 555 g/mol. The van der Waals surface area contributed by atoms with E-state index in [1.807, 2.05) is 27.7 Å². The Balaban J connectivity index is 0.000000432. The highest BCUT2D eigenvalue weighted by atomic mass is 16.7. The number of carbonyl (C=O) groups excluding carboxylic acids is 3. The largest absolute Gasteiger partial charge is 0.371 e. The third-order valence-electron chi connectivity index (χ3n) is 8.66. The van der Waals surface area contributed by atoms with E-state index in [0.29, 0.717) is 25.2 Å². The molecule has 0 bridgehead atoms. The number of rotatable bonds is 13. The van der Waals surface area contributed by atoms with Crippen molar-refractivity contribution in [1.29, 1.82) is 0 Å². The van der Waals surface area contributed by atoms with Gasteiger partial charge in [-0.3, -0.25) is 14.4 Å². The van der Waals surface area contributed by atoms with Crippen molar-refractivity contribution in [3.63, 3.8) is 0 Å². The van der Waals surface area contributed by atoms with Gasteiger partial charge in [-0.1, -0.05) is 33.3 Å². The molecule has 0 radical (unpaired) electrons. The van der Waals surface area contributed by atoms with Crippen LogP contribution in [0.4, 0.5) is 5.69 Å². The Kier molecular flexibility index (Phi) is 14.3. The van der Waals surface area contributed by atoms with E-state index in [2.05, 4.69) is 30.0 Å². The maximum absolute atomic E-state index is 12.8. The minimum atomic E-state index is -0.101. The van der Waals surface area contributed by atoms with Crippen LogP contribution in [0.1, 0.15) is 115 Å². The van der Waals surface area contributed by atoms with Crippen molar-refractivity contribution in [3.05, 3.63) is 34.9 Å². The molecule has 0 spiro atoms. The summed E-state index contributed by atoms with van der Waals surface area (Å²) in [4.78, 5) is 36.9. The minimum absolute atomic E-state index is 0.0176. The molecule has 1 aromatic rings. The summed E-state index contributed by atoms with van der Waals surface area (Å²) in [6.07, 6.45) is 8.63. The second-order valence-corrected chi connectivity index (χ2v) is 11.8. The first-order valence-corrected chi connectivity index (χ1v) is 15.2. The molecule has 1 heterocycles. The fourth-order valence-corrected chi connectivity index (χ4v) is 5.23. The van der Waals surface area contributed by atoms with Crippen molar-refractivity contribution in [2.75, 3.05) is 32.2 Å². The lowest BCUT2D eigenvalue weighted by Crippen LogP contribution is -2.35. The number of anilines is 1. The van der Waals surface area contributed by atoms with Gasteiger partial charge in [0, 0.05) is 69.7 Å². The second-order valence-electron chi connectivity index (χ2n) is 11.8. The van der Waals surface area contributed by atoms with Crippen molar-refractivity contribution < 1.29 is 23.9 Å². The molecule has 6 nitrogen and oxygen atoms in total. The average molecular weight is 556 g/mol. The molecule has 0 amide bonds. The van der Waals surface area contributed by atoms with E-state index in [9.17, 15) is 14.4 Å². The lowest BCUT2D eigenvalue weighted by molar-refractivity contribution is -0.121. The molecule has 2 fully saturated rings. The van der Waals surface area contributed by atoms with Crippen molar-refractivity contribution in [1.82, 2.24) is 0 Å². The zero-order chi connectivity index (χ0) is 29.8. The van der Waals surface area contributed by atoms with Gasteiger partial charge in [-0.2, -0.15) is 0 Å². The van der Waals surface area contributed by atoms with Crippen LogP contribution in [-0.4, -0.2) is 50.9 Å². The van der Waals surface area contributed by atoms with Gasteiger partial charge in [-0.15, -0.1) is 0 Å². The fraction of sp³-hybridized carbons (Fsp3) is 0.676. The maximum atomic E-state index is 12.8. The average Bonchev–Trinajstić information content (AvgIpc) is 2.93. The van der Waals surface area contributed by atoms with Gasteiger partial charge in [0.2, 0.25) is 0 Å². The van der Waals surface area contributed by atoms with E-state index in [4.69, 9.17) is 9.47 Å². The van der Waals surface area contributed by atoms with Crippen LogP contribution in [0.2, 0.25) is 0 Å². The predicted molar refractivity (Wildman–Crippen MR) is 164 cm³/mol. The molecule has 0 N–H and O–H groups in total. The summed E-state index contributed by atoms with van der Waals surface area (Å²) in [7, 11) is 3.42. The zero-order valence-electron chi connectivity index (χ0n) is 26.3. The van der Waals surface area contributed by atoms with E-state index < -0.39 is 0 Å². The third-order valence-corrected chi connectivity index (χ3v) is 8.66. The first kappa shape index (κ1) is 33.9. The SMILES string of the molecule is CCC(=O)CCC(C)C(C)=O.COC(CC1CCN(c2ccc(C(=O)C(C)C)c(C(C)=C3CCC3)c2)CC1)OC. The van der Waals surface area contributed by atoms with Gasteiger partial charge in [0.25, 0.3) is 0 Å². The molecule has 40 heavy (non-hydrogen) atoms. The number of hydrogen-bond donors (Lipinski definition) is 0. The van der Waals surface area contributed by atoms with E-state index in [1.165, 1.54) is 36.1 Å². The topological polar surface area (TPSA) is 72.9 Å². The summed E-state index contributed by atoms with van der Waals surface area (Å²) < 4.78 is 10.8. The zero-order valence-corrected chi connectivity index (χ0v) is 26.3. The molecule has 1 saturated carbocycles. The fourth-order valence-electron chi connectivity index (χ4n) is 5.23. The van der Waals surface area contributed by atoms with Gasteiger partial charge in [0.1, 0.15) is 11.6 Å². The normalized spacial score (nSPS) is 16.4. The van der Waals surface area contributed by atoms with Gasteiger partial charge >= 0.3 is 0 Å². The highest BCUT2D eigenvalue weighted by Gasteiger charge is 2.25. The quantitative estimate of drug-likeness (QED) is 0.184. The molecule has 3 rings (SSSR count). The Bertz CT molecular complexity index is 1010. The number of ketones is 3. The molecule has 224 valence electrons. The number of piperidine rings is 1. The van der Waals surface area contributed by atoms with Crippen LogP contribution in [0.25, 0.3) is 5.57 Å². The molecular weight excluding hydrogens is 502 g/mol. The number of nitrogens with zero attached hydrogens (tertiary/aromatic N) is 1. The van der Waals surface area contributed by atoms with E-state index in [0.717, 1.165) is 43.5 Å². The molecule has 1 aromatic carbocycles. The summed E-state index contributed by atoms with van der Waals surface area (Å²) >= 11 is 0. The molecule has 0 aromatic heterocycles. The van der Waals surface area contributed by atoms with Crippen LogP contribution < -0.4 is 4.90 Å². The molecule has 1 aliphatic carbocycles.